The predicted molar refractivity (Wildman–Crippen MR) is 116 cm³/mol. The van der Waals surface area contributed by atoms with E-state index in [4.69, 9.17) is 4.74 Å². The first-order chi connectivity index (χ1) is 15.5. The molecule has 0 bridgehead atoms. The zero-order valence-corrected chi connectivity index (χ0v) is 17.9. The number of aromatic nitrogens is 4. The van der Waals surface area contributed by atoms with Gasteiger partial charge in [-0.15, -0.1) is 0 Å². The van der Waals surface area contributed by atoms with Crippen LogP contribution in [0.1, 0.15) is 25.7 Å². The first-order valence-electron chi connectivity index (χ1n) is 10.6. The van der Waals surface area contributed by atoms with E-state index in [1.54, 1.807) is 28.0 Å². The first kappa shape index (κ1) is 21.9. The third kappa shape index (κ3) is 4.96. The number of rotatable bonds is 4. The Kier molecular flexibility index (Phi) is 6.79. The Morgan fingerprint density at radius 2 is 1.84 bits per heavy atom. The number of aliphatic hydroxyl groups excluding tert-OH is 1. The molecule has 4 rings (SSSR count). The van der Waals surface area contributed by atoms with Crippen LogP contribution in [-0.4, -0.2) is 57.8 Å². The summed E-state index contributed by atoms with van der Waals surface area (Å²) in [5.41, 5.74) is 0.439. The molecule has 32 heavy (non-hydrogen) atoms. The van der Waals surface area contributed by atoms with Gasteiger partial charge in [-0.2, -0.15) is 15.1 Å². The van der Waals surface area contributed by atoms with Crippen LogP contribution in [0.5, 0.6) is 6.01 Å². The Bertz CT molecular complexity index is 1030. The monoisotopic (exact) mass is 444 g/mol. The van der Waals surface area contributed by atoms with Crippen molar-refractivity contribution in [3.8, 4) is 11.8 Å². The molecule has 3 heterocycles. The van der Waals surface area contributed by atoms with Crippen molar-refractivity contribution in [3.05, 3.63) is 54.4 Å². The zero-order valence-electron chi connectivity index (χ0n) is 17.9. The molecule has 1 unspecified atom stereocenters. The number of halogens is 2. The van der Waals surface area contributed by atoms with Gasteiger partial charge < -0.3 is 19.6 Å². The van der Waals surface area contributed by atoms with Crippen LogP contribution in [0, 0.1) is 11.6 Å². The van der Waals surface area contributed by atoms with Crippen LogP contribution in [-0.2, 0) is 0 Å². The van der Waals surface area contributed by atoms with Crippen molar-refractivity contribution in [3.63, 3.8) is 0 Å². The molecule has 2 aromatic heterocycles. The molecule has 0 aliphatic carbocycles. The standard InChI is InChI=1S/C22H26F2N6O2/c1-32-22-26-19(15-20(27-22)30-11-5-9-25-30)28-10-4-2-3-6-21(31)29(13-12-28)16-7-8-17(23)18(24)14-16/h5,7-9,11,14-15,21,31H,2-4,6,10,12-13H2,1H3. The Morgan fingerprint density at radius 3 is 2.59 bits per heavy atom. The van der Waals surface area contributed by atoms with E-state index in [-0.39, 0.29) is 6.01 Å². The molecule has 10 heteroatoms. The lowest BCUT2D eigenvalue weighted by Crippen LogP contribution is -2.42. The van der Waals surface area contributed by atoms with E-state index >= 15 is 0 Å². The SMILES string of the molecule is COc1nc(N2CCCCCC(O)N(c3ccc(F)c(F)c3)CC2)cc(-n2cccn2)n1. The third-order valence-corrected chi connectivity index (χ3v) is 5.52. The van der Waals surface area contributed by atoms with E-state index in [9.17, 15) is 13.9 Å². The Labute approximate surface area is 185 Å². The molecular formula is C22H26F2N6O2. The fourth-order valence-corrected chi connectivity index (χ4v) is 3.82. The molecule has 8 nitrogen and oxygen atoms in total. The summed E-state index contributed by atoms with van der Waals surface area (Å²) in [6.07, 6.45) is 5.90. The molecule has 0 spiro atoms. The van der Waals surface area contributed by atoms with Gasteiger partial charge in [0.1, 0.15) is 12.0 Å². The summed E-state index contributed by atoms with van der Waals surface area (Å²) in [4.78, 5) is 12.7. The maximum atomic E-state index is 13.9. The predicted octanol–water partition coefficient (Wildman–Crippen LogP) is 3.15. The molecule has 1 atom stereocenters. The number of hydrogen-bond donors (Lipinski definition) is 1. The largest absolute Gasteiger partial charge is 0.467 e. The summed E-state index contributed by atoms with van der Waals surface area (Å²) < 4.78 is 34.2. The summed E-state index contributed by atoms with van der Waals surface area (Å²) in [7, 11) is 1.51. The molecule has 0 saturated carbocycles. The number of methoxy groups -OCH3 is 1. The summed E-state index contributed by atoms with van der Waals surface area (Å²) >= 11 is 0. The van der Waals surface area contributed by atoms with Crippen LogP contribution >= 0.6 is 0 Å². The second kappa shape index (κ2) is 9.90. The first-order valence-corrected chi connectivity index (χ1v) is 10.6. The molecule has 0 amide bonds. The van der Waals surface area contributed by atoms with Crippen molar-refractivity contribution >= 4 is 11.5 Å². The Balaban J connectivity index is 1.63. The summed E-state index contributed by atoms with van der Waals surface area (Å²) in [5, 5.41) is 15.0. The molecule has 1 fully saturated rings. The second-order valence-corrected chi connectivity index (χ2v) is 7.63. The molecule has 0 radical (unpaired) electrons. The van der Waals surface area contributed by atoms with Gasteiger partial charge in [-0.1, -0.05) is 6.42 Å². The van der Waals surface area contributed by atoms with Crippen molar-refractivity contribution in [1.29, 1.82) is 0 Å². The maximum absolute atomic E-state index is 13.9. The number of hydrogen-bond acceptors (Lipinski definition) is 7. The fraction of sp³-hybridized carbons (Fsp3) is 0.409. The van der Waals surface area contributed by atoms with Crippen LogP contribution in [0.25, 0.3) is 5.82 Å². The lowest BCUT2D eigenvalue weighted by atomic mass is 10.1. The van der Waals surface area contributed by atoms with E-state index in [0.29, 0.717) is 36.8 Å². The quantitative estimate of drug-likeness (QED) is 0.662. The van der Waals surface area contributed by atoms with E-state index in [2.05, 4.69) is 20.0 Å². The molecule has 1 N–H and O–H groups in total. The van der Waals surface area contributed by atoms with Gasteiger partial charge in [0.05, 0.1) is 7.11 Å². The van der Waals surface area contributed by atoms with Crippen LogP contribution in [0.4, 0.5) is 20.3 Å². The molecule has 3 aromatic rings. The van der Waals surface area contributed by atoms with Gasteiger partial charge in [0.25, 0.3) is 0 Å². The van der Waals surface area contributed by atoms with Crippen molar-refractivity contribution in [1.82, 2.24) is 19.7 Å². The highest BCUT2D eigenvalue weighted by Crippen LogP contribution is 2.25. The average molecular weight is 444 g/mol. The van der Waals surface area contributed by atoms with Crippen molar-refractivity contribution in [2.24, 2.45) is 0 Å². The lowest BCUT2D eigenvalue weighted by molar-refractivity contribution is 0.154. The normalized spacial score (nSPS) is 17.9. The van der Waals surface area contributed by atoms with Gasteiger partial charge in [-0.25, -0.2) is 13.5 Å². The van der Waals surface area contributed by atoms with Crippen LogP contribution in [0.3, 0.4) is 0 Å². The minimum Gasteiger partial charge on any atom is -0.467 e. The highest BCUT2D eigenvalue weighted by Gasteiger charge is 2.22. The number of anilines is 2. The van der Waals surface area contributed by atoms with Gasteiger partial charge in [0.15, 0.2) is 17.5 Å². The van der Waals surface area contributed by atoms with Crippen LogP contribution in [0.2, 0.25) is 0 Å². The minimum atomic E-state index is -0.937. The Morgan fingerprint density at radius 1 is 1.00 bits per heavy atom. The second-order valence-electron chi connectivity index (χ2n) is 7.63. The van der Waals surface area contributed by atoms with E-state index < -0.39 is 17.9 Å². The molecule has 1 saturated heterocycles. The summed E-state index contributed by atoms with van der Waals surface area (Å²) in [6.45, 7) is 1.66. The van der Waals surface area contributed by atoms with Crippen LogP contribution < -0.4 is 14.5 Å². The minimum absolute atomic E-state index is 0.225. The maximum Gasteiger partial charge on any atom is 0.320 e. The lowest BCUT2D eigenvalue weighted by Gasteiger charge is -2.34. The number of benzene rings is 1. The van der Waals surface area contributed by atoms with Crippen molar-refractivity contribution in [2.75, 3.05) is 36.5 Å². The molecule has 1 aromatic carbocycles. The fourth-order valence-electron chi connectivity index (χ4n) is 3.82. The average Bonchev–Trinajstić information content (AvgIpc) is 3.34. The summed E-state index contributed by atoms with van der Waals surface area (Å²) in [6, 6.07) is 7.56. The van der Waals surface area contributed by atoms with Gasteiger partial charge in [0, 0.05) is 49.8 Å². The molecular weight excluding hydrogens is 418 g/mol. The third-order valence-electron chi connectivity index (χ3n) is 5.52. The molecule has 1 aliphatic heterocycles. The van der Waals surface area contributed by atoms with E-state index in [1.165, 1.54) is 13.2 Å². The topological polar surface area (TPSA) is 79.5 Å². The zero-order chi connectivity index (χ0) is 22.5. The van der Waals surface area contributed by atoms with Gasteiger partial charge in [0.2, 0.25) is 0 Å². The summed E-state index contributed by atoms with van der Waals surface area (Å²) in [5.74, 6) is -0.604. The number of nitrogens with zero attached hydrogens (tertiary/aromatic N) is 6. The van der Waals surface area contributed by atoms with Crippen LogP contribution in [0.15, 0.2) is 42.7 Å². The van der Waals surface area contributed by atoms with Gasteiger partial charge >= 0.3 is 6.01 Å². The Hall–Kier alpha value is -3.27. The molecule has 170 valence electrons. The van der Waals surface area contributed by atoms with Crippen molar-refractivity contribution in [2.45, 2.75) is 31.9 Å². The highest BCUT2D eigenvalue weighted by molar-refractivity contribution is 5.49. The number of ether oxygens (including phenoxy) is 1. The highest BCUT2D eigenvalue weighted by atomic mass is 19.2. The van der Waals surface area contributed by atoms with E-state index in [1.807, 2.05) is 6.07 Å². The molecule has 1 aliphatic rings. The van der Waals surface area contributed by atoms with Crippen molar-refractivity contribution < 1.29 is 18.6 Å². The van der Waals surface area contributed by atoms with Gasteiger partial charge in [-0.3, -0.25) is 0 Å². The van der Waals surface area contributed by atoms with Gasteiger partial charge in [-0.05, 0) is 37.5 Å². The van der Waals surface area contributed by atoms with E-state index in [0.717, 1.165) is 37.9 Å². The smallest absolute Gasteiger partial charge is 0.320 e. The number of aliphatic hydroxyl groups is 1.